The van der Waals surface area contributed by atoms with Crippen molar-refractivity contribution in [1.82, 2.24) is 0 Å². The minimum Gasteiger partial charge on any atom is -0.484 e. The highest BCUT2D eigenvalue weighted by Crippen LogP contribution is 2.34. The second-order valence-corrected chi connectivity index (χ2v) is 5.49. The predicted molar refractivity (Wildman–Crippen MR) is 95.4 cm³/mol. The Morgan fingerprint density at radius 1 is 1.04 bits per heavy atom. The van der Waals surface area contributed by atoms with Crippen molar-refractivity contribution in [3.05, 3.63) is 89.4 Å². The average Bonchev–Trinajstić information content (AvgIpc) is 2.96. The molecule has 132 valence electrons. The van der Waals surface area contributed by atoms with Gasteiger partial charge in [-0.2, -0.15) is 0 Å². The molecular weight excluding hydrogens is 332 g/mol. The molecule has 0 saturated heterocycles. The van der Waals surface area contributed by atoms with Crippen LogP contribution in [0.1, 0.15) is 18.1 Å². The standard InChI is InChI=1S/C21H18O5/c1-2-24-18(22)13-17-20(25-14-15-9-5-3-6-10-15)19(21(23)26-17)16-11-7-4-8-12-16/h3-13H,2,14H2,1H3/b17-13-. The van der Waals surface area contributed by atoms with Gasteiger partial charge in [-0.3, -0.25) is 0 Å². The van der Waals surface area contributed by atoms with Crippen molar-refractivity contribution >= 4 is 17.5 Å². The maximum atomic E-state index is 12.4. The lowest BCUT2D eigenvalue weighted by molar-refractivity contribution is -0.137. The third-order valence-electron chi connectivity index (χ3n) is 3.68. The summed E-state index contributed by atoms with van der Waals surface area (Å²) in [4.78, 5) is 24.2. The summed E-state index contributed by atoms with van der Waals surface area (Å²) in [6.07, 6.45) is 1.14. The van der Waals surface area contributed by atoms with E-state index in [1.54, 1.807) is 19.1 Å². The number of rotatable bonds is 6. The Kier molecular flexibility index (Phi) is 5.49. The molecule has 0 spiro atoms. The van der Waals surface area contributed by atoms with Gasteiger partial charge in [-0.25, -0.2) is 9.59 Å². The van der Waals surface area contributed by atoms with Crippen LogP contribution < -0.4 is 0 Å². The van der Waals surface area contributed by atoms with E-state index in [1.807, 2.05) is 48.5 Å². The van der Waals surface area contributed by atoms with Gasteiger partial charge in [0, 0.05) is 0 Å². The lowest BCUT2D eigenvalue weighted by Crippen LogP contribution is -2.04. The van der Waals surface area contributed by atoms with Gasteiger partial charge in [-0.15, -0.1) is 0 Å². The number of esters is 2. The molecule has 2 aromatic rings. The first-order valence-electron chi connectivity index (χ1n) is 8.26. The van der Waals surface area contributed by atoms with Crippen molar-refractivity contribution in [2.75, 3.05) is 6.61 Å². The Bertz CT molecular complexity index is 850. The number of hydrogen-bond donors (Lipinski definition) is 0. The fourth-order valence-corrected chi connectivity index (χ4v) is 2.53. The summed E-state index contributed by atoms with van der Waals surface area (Å²) in [6.45, 7) is 2.17. The first-order chi connectivity index (χ1) is 12.7. The number of ether oxygens (including phenoxy) is 3. The summed E-state index contributed by atoms with van der Waals surface area (Å²) in [5.41, 5.74) is 1.88. The van der Waals surface area contributed by atoms with Crippen LogP contribution in [-0.2, 0) is 30.4 Å². The highest BCUT2D eigenvalue weighted by molar-refractivity contribution is 6.20. The third kappa shape index (κ3) is 4.00. The molecule has 0 aliphatic carbocycles. The molecule has 5 heteroatoms. The fourth-order valence-electron chi connectivity index (χ4n) is 2.53. The van der Waals surface area contributed by atoms with Gasteiger partial charge in [0.05, 0.1) is 12.7 Å². The van der Waals surface area contributed by atoms with Crippen molar-refractivity contribution in [1.29, 1.82) is 0 Å². The molecule has 26 heavy (non-hydrogen) atoms. The number of carbonyl (C=O) groups excluding carboxylic acids is 2. The van der Waals surface area contributed by atoms with E-state index in [0.29, 0.717) is 5.56 Å². The van der Waals surface area contributed by atoms with Gasteiger partial charge < -0.3 is 14.2 Å². The van der Waals surface area contributed by atoms with Gasteiger partial charge >= 0.3 is 11.9 Å². The predicted octanol–water partition coefficient (Wildman–Crippen LogP) is 3.62. The minimum absolute atomic E-state index is 0.0586. The van der Waals surface area contributed by atoms with Gasteiger partial charge in [-0.1, -0.05) is 60.7 Å². The summed E-state index contributed by atoms with van der Waals surface area (Å²) in [5, 5.41) is 0. The fraction of sp³-hybridized carbons (Fsp3) is 0.143. The number of hydrogen-bond acceptors (Lipinski definition) is 5. The molecule has 0 radical (unpaired) electrons. The van der Waals surface area contributed by atoms with E-state index in [4.69, 9.17) is 14.2 Å². The first kappa shape index (κ1) is 17.5. The van der Waals surface area contributed by atoms with E-state index in [9.17, 15) is 9.59 Å². The molecule has 0 aromatic heterocycles. The molecule has 0 fully saturated rings. The zero-order valence-electron chi connectivity index (χ0n) is 14.3. The Morgan fingerprint density at radius 3 is 2.35 bits per heavy atom. The van der Waals surface area contributed by atoms with E-state index in [-0.39, 0.29) is 30.3 Å². The van der Waals surface area contributed by atoms with Crippen LogP contribution in [0.15, 0.2) is 78.3 Å². The Labute approximate surface area is 151 Å². The summed E-state index contributed by atoms with van der Waals surface area (Å²) in [5.74, 6) is -0.860. The summed E-state index contributed by atoms with van der Waals surface area (Å²) in [6, 6.07) is 18.6. The van der Waals surface area contributed by atoms with Crippen molar-refractivity contribution in [3.63, 3.8) is 0 Å². The van der Waals surface area contributed by atoms with Gasteiger partial charge in [0.2, 0.25) is 0 Å². The highest BCUT2D eigenvalue weighted by atomic mass is 16.6. The van der Waals surface area contributed by atoms with Gasteiger partial charge in [0.15, 0.2) is 11.5 Å². The van der Waals surface area contributed by atoms with Crippen LogP contribution in [0.25, 0.3) is 5.57 Å². The van der Waals surface area contributed by atoms with Crippen LogP contribution in [-0.4, -0.2) is 18.5 Å². The molecule has 1 aliphatic heterocycles. The zero-order valence-corrected chi connectivity index (χ0v) is 14.3. The Hall–Kier alpha value is -3.34. The Balaban J connectivity index is 1.97. The normalized spacial score (nSPS) is 15.1. The van der Waals surface area contributed by atoms with Crippen molar-refractivity contribution < 1.29 is 23.8 Å². The van der Waals surface area contributed by atoms with Crippen LogP contribution in [0.4, 0.5) is 0 Å². The van der Waals surface area contributed by atoms with Gasteiger partial charge in [0.1, 0.15) is 12.2 Å². The van der Waals surface area contributed by atoms with Crippen molar-refractivity contribution in [2.24, 2.45) is 0 Å². The number of benzene rings is 2. The van der Waals surface area contributed by atoms with Crippen LogP contribution >= 0.6 is 0 Å². The molecule has 0 atom stereocenters. The SMILES string of the molecule is CCOC(=O)/C=C1\OC(=O)C(c2ccccc2)=C1OCc1ccccc1. The Morgan fingerprint density at radius 2 is 1.69 bits per heavy atom. The zero-order chi connectivity index (χ0) is 18.4. The van der Waals surface area contributed by atoms with E-state index < -0.39 is 11.9 Å². The van der Waals surface area contributed by atoms with E-state index in [1.165, 1.54) is 0 Å². The molecule has 0 bridgehead atoms. The van der Waals surface area contributed by atoms with Crippen LogP contribution in [0, 0.1) is 0 Å². The molecule has 0 amide bonds. The topological polar surface area (TPSA) is 61.8 Å². The number of carbonyl (C=O) groups is 2. The largest absolute Gasteiger partial charge is 0.484 e. The molecule has 0 N–H and O–H groups in total. The van der Waals surface area contributed by atoms with Gasteiger partial charge in [-0.05, 0) is 18.1 Å². The second-order valence-electron chi connectivity index (χ2n) is 5.49. The van der Waals surface area contributed by atoms with Crippen molar-refractivity contribution in [2.45, 2.75) is 13.5 Å². The highest BCUT2D eigenvalue weighted by Gasteiger charge is 2.33. The van der Waals surface area contributed by atoms with Crippen molar-refractivity contribution in [3.8, 4) is 0 Å². The molecule has 1 heterocycles. The van der Waals surface area contributed by atoms with Crippen LogP contribution in [0.2, 0.25) is 0 Å². The van der Waals surface area contributed by atoms with E-state index in [0.717, 1.165) is 11.6 Å². The molecule has 3 rings (SSSR count). The maximum absolute atomic E-state index is 12.4. The third-order valence-corrected chi connectivity index (χ3v) is 3.68. The molecule has 5 nitrogen and oxygen atoms in total. The summed E-state index contributed by atoms with van der Waals surface area (Å²) in [7, 11) is 0. The van der Waals surface area contributed by atoms with Crippen LogP contribution in [0.5, 0.6) is 0 Å². The second kappa shape index (κ2) is 8.16. The minimum atomic E-state index is -0.592. The molecular formula is C21H18O5. The van der Waals surface area contributed by atoms with Gasteiger partial charge in [0.25, 0.3) is 0 Å². The summed E-state index contributed by atoms with van der Waals surface area (Å²) < 4.78 is 16.1. The summed E-state index contributed by atoms with van der Waals surface area (Å²) >= 11 is 0. The molecule has 0 saturated carbocycles. The quantitative estimate of drug-likeness (QED) is 0.588. The molecule has 0 unspecified atom stereocenters. The molecule has 1 aliphatic rings. The number of cyclic esters (lactones) is 1. The lowest BCUT2D eigenvalue weighted by Gasteiger charge is -2.09. The van der Waals surface area contributed by atoms with E-state index >= 15 is 0 Å². The first-order valence-corrected chi connectivity index (χ1v) is 8.26. The average molecular weight is 350 g/mol. The van der Waals surface area contributed by atoms with Crippen LogP contribution in [0.3, 0.4) is 0 Å². The smallest absolute Gasteiger partial charge is 0.348 e. The molecule has 2 aromatic carbocycles. The monoisotopic (exact) mass is 350 g/mol. The lowest BCUT2D eigenvalue weighted by atomic mass is 10.1. The van der Waals surface area contributed by atoms with E-state index in [2.05, 4.69) is 0 Å². The maximum Gasteiger partial charge on any atom is 0.348 e.